The number of rotatable bonds is 0. The second-order valence-electron chi connectivity index (χ2n) is 4.12. The van der Waals surface area contributed by atoms with E-state index in [0.29, 0.717) is 0 Å². The van der Waals surface area contributed by atoms with Crippen LogP contribution in [0.4, 0.5) is 0 Å². The van der Waals surface area contributed by atoms with Crippen LogP contribution in [-0.4, -0.2) is 0 Å². The second kappa shape index (κ2) is 6.30. The van der Waals surface area contributed by atoms with Gasteiger partial charge in [0.2, 0.25) is 4.91 Å². The summed E-state index contributed by atoms with van der Waals surface area (Å²) in [6.07, 6.45) is 2.00. The topological polar surface area (TPSA) is 61.8 Å². The van der Waals surface area contributed by atoms with Crippen LogP contribution >= 0.6 is 0 Å². The highest BCUT2D eigenvalue weighted by Gasteiger charge is 2.08. The molecule has 0 aromatic heterocycles. The Balaban J connectivity index is 0.000000408. The first kappa shape index (κ1) is 12.8. The lowest BCUT2D eigenvalue weighted by Crippen LogP contribution is -1.94. The molecule has 3 nitrogen and oxygen atoms in total. The number of benzene rings is 2. The van der Waals surface area contributed by atoms with Crippen molar-refractivity contribution in [3.8, 4) is 23.0 Å². The van der Waals surface area contributed by atoms with E-state index in [4.69, 9.17) is 11.1 Å². The number of fused-ring (bicyclic) bond motifs is 3. The summed E-state index contributed by atoms with van der Waals surface area (Å²) in [5, 5.41) is 0. The smallest absolute Gasteiger partial charge is 0.0975 e. The number of hydrogen-bond donors (Lipinski definition) is 2. The molecule has 19 heavy (non-hydrogen) atoms. The predicted molar refractivity (Wildman–Crippen MR) is 74.7 cm³/mol. The fourth-order valence-corrected chi connectivity index (χ4v) is 2.18. The number of aryl methyl sites for hydroxylation is 1. The Morgan fingerprint density at radius 3 is 2.32 bits per heavy atom. The highest BCUT2D eigenvalue weighted by Crippen LogP contribution is 2.28. The van der Waals surface area contributed by atoms with Gasteiger partial charge >= 0.3 is 0 Å². The van der Waals surface area contributed by atoms with E-state index < -0.39 is 0 Å². The molecule has 3 heteroatoms. The van der Waals surface area contributed by atoms with Gasteiger partial charge in [-0.1, -0.05) is 54.3 Å². The lowest BCUT2D eigenvalue weighted by Gasteiger charge is -2.12. The van der Waals surface area contributed by atoms with Crippen molar-refractivity contribution in [2.45, 2.75) is 12.8 Å². The van der Waals surface area contributed by atoms with Gasteiger partial charge < -0.3 is 0 Å². The largest absolute Gasteiger partial charge is 0.211 e. The van der Waals surface area contributed by atoms with Gasteiger partial charge in [0, 0.05) is 12.0 Å². The molecular weight excluding hydrogens is 234 g/mol. The van der Waals surface area contributed by atoms with Crippen LogP contribution in [0.5, 0.6) is 0 Å². The summed E-state index contributed by atoms with van der Waals surface area (Å²) in [6.45, 7) is 0. The van der Waals surface area contributed by atoms with E-state index in [2.05, 4.69) is 60.4 Å². The quantitative estimate of drug-likeness (QED) is 0.405. The fourth-order valence-electron chi connectivity index (χ4n) is 2.18. The van der Waals surface area contributed by atoms with E-state index in [9.17, 15) is 0 Å². The molecule has 1 aliphatic carbocycles. The maximum absolute atomic E-state index is 5.50. The molecule has 0 bridgehead atoms. The second-order valence-corrected chi connectivity index (χ2v) is 4.12. The third kappa shape index (κ3) is 2.95. The Morgan fingerprint density at radius 1 is 0.895 bits per heavy atom. The van der Waals surface area contributed by atoms with Crippen LogP contribution in [0.3, 0.4) is 0 Å². The molecule has 2 aromatic carbocycles. The Morgan fingerprint density at radius 2 is 1.53 bits per heavy atom. The molecule has 0 saturated carbocycles. The highest BCUT2D eigenvalue weighted by molar-refractivity contribution is 5.74. The van der Waals surface area contributed by atoms with Gasteiger partial charge in [-0.3, -0.25) is 0 Å². The lowest BCUT2D eigenvalue weighted by atomic mass is 9.92. The SMILES string of the molecule is C1#Cc2ccccc2-c2ccccc2CC1.N=[N+]=N. The molecule has 92 valence electrons. The van der Waals surface area contributed by atoms with E-state index in [1.54, 1.807) is 0 Å². The van der Waals surface area contributed by atoms with Crippen LogP contribution in [0, 0.1) is 22.9 Å². The van der Waals surface area contributed by atoms with Gasteiger partial charge in [0.15, 0.2) is 0 Å². The van der Waals surface area contributed by atoms with Crippen molar-refractivity contribution in [3.05, 3.63) is 59.7 Å². The van der Waals surface area contributed by atoms with Crippen LogP contribution in [0.1, 0.15) is 17.5 Å². The zero-order valence-corrected chi connectivity index (χ0v) is 10.5. The third-order valence-electron chi connectivity index (χ3n) is 2.98. The molecule has 0 spiro atoms. The van der Waals surface area contributed by atoms with E-state index >= 15 is 0 Å². The first-order valence-electron chi connectivity index (χ1n) is 6.06. The minimum Gasteiger partial charge on any atom is -0.0975 e. The lowest BCUT2D eigenvalue weighted by molar-refractivity contribution is 0.928. The Hall–Kier alpha value is -2.69. The first-order valence-corrected chi connectivity index (χ1v) is 6.06. The molecule has 0 aliphatic heterocycles. The summed E-state index contributed by atoms with van der Waals surface area (Å²) in [6, 6.07) is 17.0. The van der Waals surface area contributed by atoms with E-state index in [1.165, 1.54) is 16.7 Å². The summed E-state index contributed by atoms with van der Waals surface area (Å²) in [4.78, 5) is 2.00. The van der Waals surface area contributed by atoms with Crippen LogP contribution in [0.2, 0.25) is 0 Å². The number of nitrogens with zero attached hydrogens (tertiary/aromatic N) is 1. The fraction of sp³-hybridized carbons (Fsp3) is 0.125. The molecule has 2 aromatic rings. The van der Waals surface area contributed by atoms with Crippen molar-refractivity contribution >= 4 is 0 Å². The molecule has 2 N–H and O–H groups in total. The third-order valence-corrected chi connectivity index (χ3v) is 2.98. The van der Waals surface area contributed by atoms with Crippen molar-refractivity contribution in [1.82, 2.24) is 4.91 Å². The molecule has 0 atom stereocenters. The normalized spacial score (nSPS) is 10.9. The summed E-state index contributed by atoms with van der Waals surface area (Å²) < 4.78 is 0. The average molecular weight is 248 g/mol. The molecular formula is C16H14N3+. The van der Waals surface area contributed by atoms with Gasteiger partial charge in [0.25, 0.3) is 0 Å². The molecule has 0 unspecified atom stereocenters. The highest BCUT2D eigenvalue weighted by atomic mass is 15.0. The maximum atomic E-state index is 5.50. The van der Waals surface area contributed by atoms with Crippen molar-refractivity contribution in [2.75, 3.05) is 0 Å². The molecule has 3 rings (SSSR count). The maximum Gasteiger partial charge on any atom is 0.211 e. The predicted octanol–water partition coefficient (Wildman–Crippen LogP) is 3.77. The zero-order valence-electron chi connectivity index (χ0n) is 10.5. The summed E-state index contributed by atoms with van der Waals surface area (Å²) in [5.74, 6) is 6.49. The van der Waals surface area contributed by atoms with E-state index in [-0.39, 0.29) is 0 Å². The van der Waals surface area contributed by atoms with Crippen LogP contribution in [0.15, 0.2) is 48.5 Å². The first-order chi connectivity index (χ1) is 9.36. The zero-order chi connectivity index (χ0) is 13.5. The minimum absolute atomic E-state index is 0.950. The van der Waals surface area contributed by atoms with Gasteiger partial charge in [-0.15, -0.1) is 0 Å². The number of nitrogens with one attached hydrogen (secondary N) is 2. The van der Waals surface area contributed by atoms with E-state index in [1.807, 2.05) is 4.91 Å². The molecule has 1 aliphatic rings. The molecule has 0 amide bonds. The van der Waals surface area contributed by atoms with Crippen molar-refractivity contribution in [1.29, 1.82) is 11.1 Å². The van der Waals surface area contributed by atoms with Crippen molar-refractivity contribution in [2.24, 2.45) is 0 Å². The minimum atomic E-state index is 0.950. The summed E-state index contributed by atoms with van der Waals surface area (Å²) in [7, 11) is 0. The molecule has 0 heterocycles. The summed E-state index contributed by atoms with van der Waals surface area (Å²) in [5.41, 5.74) is 16.2. The monoisotopic (exact) mass is 248 g/mol. The Bertz CT molecular complexity index is 672. The van der Waals surface area contributed by atoms with Crippen molar-refractivity contribution in [3.63, 3.8) is 0 Å². The van der Waals surface area contributed by atoms with Gasteiger partial charge in [0.1, 0.15) is 11.1 Å². The van der Waals surface area contributed by atoms with Gasteiger partial charge in [0.05, 0.1) is 0 Å². The molecule has 0 fully saturated rings. The number of hydrogen-bond acceptors (Lipinski definition) is 2. The van der Waals surface area contributed by atoms with Gasteiger partial charge in [-0.05, 0) is 29.2 Å². The van der Waals surface area contributed by atoms with E-state index in [0.717, 1.165) is 18.4 Å². The molecule has 0 radical (unpaired) electrons. The average Bonchev–Trinajstić information content (AvgIpc) is 2.43. The van der Waals surface area contributed by atoms with Gasteiger partial charge in [-0.25, -0.2) is 0 Å². The molecule has 0 saturated heterocycles. The Kier molecular flexibility index (Phi) is 4.23. The standard InChI is InChI=1S/C16H12.H2N3/c1-2-8-14-10-4-6-12-16(14)15-11-5-3-9-13(15)7-1;1-3-2/h3-6,9-12H,1,7H2;1-2H/q;+1. The van der Waals surface area contributed by atoms with Crippen LogP contribution in [-0.2, 0) is 6.42 Å². The summed E-state index contributed by atoms with van der Waals surface area (Å²) >= 11 is 0. The van der Waals surface area contributed by atoms with Crippen LogP contribution in [0.25, 0.3) is 11.1 Å². The van der Waals surface area contributed by atoms with Gasteiger partial charge in [-0.2, -0.15) is 0 Å². The van der Waals surface area contributed by atoms with Crippen molar-refractivity contribution < 1.29 is 0 Å². The van der Waals surface area contributed by atoms with Crippen LogP contribution < -0.4 is 4.91 Å². The Labute approximate surface area is 112 Å².